The van der Waals surface area contributed by atoms with Crippen LogP contribution in [0.1, 0.15) is 245 Å². The molecule has 0 spiro atoms. The van der Waals surface area contributed by atoms with Crippen molar-refractivity contribution in [2.75, 3.05) is 13.2 Å². The highest BCUT2D eigenvalue weighted by molar-refractivity contribution is 5.71. The van der Waals surface area contributed by atoms with Gasteiger partial charge in [-0.1, -0.05) is 190 Å². The van der Waals surface area contributed by atoms with E-state index in [-0.39, 0.29) is 37.5 Å². The van der Waals surface area contributed by atoms with Crippen molar-refractivity contribution < 1.29 is 28.6 Å². The summed E-state index contributed by atoms with van der Waals surface area (Å²) in [7, 11) is 0. The molecule has 0 aromatic rings. The number of esters is 3. The molecule has 1 atom stereocenters. The number of allylic oxidation sites excluding steroid dienone is 12. The third kappa shape index (κ3) is 47.9. The Morgan fingerprint density at radius 1 is 0.339 bits per heavy atom. The molecule has 356 valence electrons. The lowest BCUT2D eigenvalue weighted by Gasteiger charge is -2.18. The van der Waals surface area contributed by atoms with E-state index in [1.54, 1.807) is 0 Å². The van der Waals surface area contributed by atoms with E-state index in [9.17, 15) is 14.4 Å². The Morgan fingerprint density at radius 3 is 1.05 bits per heavy atom. The average molecular weight is 865 g/mol. The Balaban J connectivity index is 4.47. The molecule has 0 saturated heterocycles. The first-order valence-electron chi connectivity index (χ1n) is 25.9. The molecule has 0 heterocycles. The van der Waals surface area contributed by atoms with Crippen LogP contribution in [0, 0.1) is 0 Å². The smallest absolute Gasteiger partial charge is 0.306 e. The first-order valence-corrected chi connectivity index (χ1v) is 25.9. The van der Waals surface area contributed by atoms with E-state index in [4.69, 9.17) is 14.2 Å². The summed E-state index contributed by atoms with van der Waals surface area (Å²) in [5, 5.41) is 0. The van der Waals surface area contributed by atoms with Crippen LogP contribution >= 0.6 is 0 Å². The van der Waals surface area contributed by atoms with Gasteiger partial charge in [0.1, 0.15) is 13.2 Å². The van der Waals surface area contributed by atoms with Crippen LogP contribution in [0.25, 0.3) is 0 Å². The van der Waals surface area contributed by atoms with Crippen LogP contribution in [0.5, 0.6) is 0 Å². The van der Waals surface area contributed by atoms with Crippen molar-refractivity contribution in [3.05, 3.63) is 72.9 Å². The van der Waals surface area contributed by atoms with E-state index in [2.05, 4.69) is 93.7 Å². The molecule has 0 aliphatic rings. The van der Waals surface area contributed by atoms with Gasteiger partial charge in [-0.05, 0) is 109 Å². The standard InChI is InChI=1S/C56H96O6/c1-4-7-10-13-16-19-22-25-27-29-31-34-37-40-43-46-49-55(58)61-52-53(51-60-54(57)48-45-42-39-36-33-30-24-21-18-15-12-9-6-3)62-56(59)50-47-44-41-38-35-32-28-26-23-20-17-14-11-8-5-2/h8,11,17,20-21,24,26-29,35,38,53H,4-7,9-10,12-16,18-19,22-23,25,30-34,36-37,39-52H2,1-3H3/b11-8-,20-17-,24-21-,28-26-,29-27-,38-35-. The lowest BCUT2D eigenvalue weighted by Crippen LogP contribution is -2.30. The fourth-order valence-electron chi connectivity index (χ4n) is 7.01. The summed E-state index contributed by atoms with van der Waals surface area (Å²) in [4.78, 5) is 38.0. The first-order chi connectivity index (χ1) is 30.5. The monoisotopic (exact) mass is 865 g/mol. The largest absolute Gasteiger partial charge is 0.462 e. The van der Waals surface area contributed by atoms with Crippen LogP contribution in [-0.2, 0) is 28.6 Å². The minimum Gasteiger partial charge on any atom is -0.462 e. The summed E-state index contributed by atoms with van der Waals surface area (Å²) < 4.78 is 16.7. The molecule has 6 heteroatoms. The number of rotatable bonds is 46. The van der Waals surface area contributed by atoms with Crippen LogP contribution in [0.15, 0.2) is 72.9 Å². The first kappa shape index (κ1) is 58.9. The van der Waals surface area contributed by atoms with Gasteiger partial charge in [0.05, 0.1) is 0 Å². The highest BCUT2D eigenvalue weighted by Gasteiger charge is 2.19. The van der Waals surface area contributed by atoms with Crippen molar-refractivity contribution >= 4 is 17.9 Å². The van der Waals surface area contributed by atoms with Gasteiger partial charge in [-0.2, -0.15) is 0 Å². The molecule has 0 saturated carbocycles. The molecule has 0 N–H and O–H groups in total. The zero-order valence-corrected chi connectivity index (χ0v) is 40.6. The van der Waals surface area contributed by atoms with Crippen molar-refractivity contribution in [3.63, 3.8) is 0 Å². The number of ether oxygens (including phenoxy) is 3. The van der Waals surface area contributed by atoms with E-state index >= 15 is 0 Å². The second kappa shape index (κ2) is 50.5. The molecule has 0 aliphatic heterocycles. The lowest BCUT2D eigenvalue weighted by atomic mass is 10.1. The molecule has 0 fully saturated rings. The average Bonchev–Trinajstić information content (AvgIpc) is 3.27. The van der Waals surface area contributed by atoms with Gasteiger partial charge in [-0.15, -0.1) is 0 Å². The van der Waals surface area contributed by atoms with Crippen LogP contribution in [0.3, 0.4) is 0 Å². The SMILES string of the molecule is CC/C=C\C/C=C\C/C=C\C/C=C\CCCCC(=O)OC(COC(=O)CCCCCCC/C=C\CCCCCC)COC(=O)CCCCCCC/C=C\CCCCCCCCC. The maximum atomic E-state index is 12.8. The minimum atomic E-state index is -0.803. The molecule has 62 heavy (non-hydrogen) atoms. The molecule has 1 unspecified atom stereocenters. The van der Waals surface area contributed by atoms with Crippen molar-refractivity contribution in [1.82, 2.24) is 0 Å². The van der Waals surface area contributed by atoms with Crippen LogP contribution in [0.4, 0.5) is 0 Å². The molecule has 0 aliphatic carbocycles. The molecular weight excluding hydrogens is 769 g/mol. The maximum absolute atomic E-state index is 12.8. The molecule has 0 rings (SSSR count). The normalized spacial score (nSPS) is 12.6. The van der Waals surface area contributed by atoms with Crippen LogP contribution in [0.2, 0.25) is 0 Å². The highest BCUT2D eigenvalue weighted by Crippen LogP contribution is 2.13. The third-order valence-electron chi connectivity index (χ3n) is 10.9. The summed E-state index contributed by atoms with van der Waals surface area (Å²) in [6.07, 6.45) is 63.1. The highest BCUT2D eigenvalue weighted by atomic mass is 16.6. The fourth-order valence-corrected chi connectivity index (χ4v) is 7.01. The maximum Gasteiger partial charge on any atom is 0.306 e. The predicted octanol–water partition coefficient (Wildman–Crippen LogP) is 17.0. The van der Waals surface area contributed by atoms with E-state index in [1.165, 1.54) is 109 Å². The molecule has 0 amide bonds. The molecule has 0 aromatic heterocycles. The van der Waals surface area contributed by atoms with E-state index in [0.717, 1.165) is 89.9 Å². The zero-order valence-electron chi connectivity index (χ0n) is 40.6. The number of unbranched alkanes of at least 4 members (excludes halogenated alkanes) is 23. The van der Waals surface area contributed by atoms with E-state index in [0.29, 0.717) is 19.3 Å². The molecule has 0 aromatic carbocycles. The van der Waals surface area contributed by atoms with Gasteiger partial charge in [0.25, 0.3) is 0 Å². The van der Waals surface area contributed by atoms with Crippen molar-refractivity contribution in [3.8, 4) is 0 Å². The number of carbonyl (C=O) groups is 3. The Labute approximate surface area is 382 Å². The summed E-state index contributed by atoms with van der Waals surface area (Å²) in [6.45, 7) is 6.46. The Morgan fingerprint density at radius 2 is 0.629 bits per heavy atom. The van der Waals surface area contributed by atoms with E-state index in [1.807, 2.05) is 0 Å². The lowest BCUT2D eigenvalue weighted by molar-refractivity contribution is -0.167. The second-order valence-electron chi connectivity index (χ2n) is 17.0. The quantitative estimate of drug-likeness (QED) is 0.0262. The molecule has 0 radical (unpaired) electrons. The summed E-state index contributed by atoms with van der Waals surface area (Å²) in [6, 6.07) is 0. The Bertz CT molecular complexity index is 1180. The van der Waals surface area contributed by atoms with Gasteiger partial charge in [-0.25, -0.2) is 0 Å². The predicted molar refractivity (Wildman–Crippen MR) is 265 cm³/mol. The second-order valence-corrected chi connectivity index (χ2v) is 17.0. The van der Waals surface area contributed by atoms with Crippen molar-refractivity contribution in [2.24, 2.45) is 0 Å². The van der Waals surface area contributed by atoms with Gasteiger partial charge >= 0.3 is 17.9 Å². The number of hydrogen-bond acceptors (Lipinski definition) is 6. The molecular formula is C56H96O6. The fraction of sp³-hybridized carbons (Fsp3) is 0.732. The molecule has 6 nitrogen and oxygen atoms in total. The van der Waals surface area contributed by atoms with Gasteiger partial charge in [0.2, 0.25) is 0 Å². The summed E-state index contributed by atoms with van der Waals surface area (Å²) in [5.74, 6) is -0.956. The topological polar surface area (TPSA) is 78.9 Å². The zero-order chi connectivity index (χ0) is 45.1. The van der Waals surface area contributed by atoms with Gasteiger partial charge in [0.15, 0.2) is 6.10 Å². The minimum absolute atomic E-state index is 0.0990. The Hall–Kier alpha value is -3.15. The van der Waals surface area contributed by atoms with Crippen molar-refractivity contribution in [1.29, 1.82) is 0 Å². The van der Waals surface area contributed by atoms with Gasteiger partial charge < -0.3 is 14.2 Å². The van der Waals surface area contributed by atoms with Gasteiger partial charge in [0, 0.05) is 19.3 Å². The third-order valence-corrected chi connectivity index (χ3v) is 10.9. The molecule has 0 bridgehead atoms. The summed E-state index contributed by atoms with van der Waals surface area (Å²) >= 11 is 0. The summed E-state index contributed by atoms with van der Waals surface area (Å²) in [5.41, 5.74) is 0. The van der Waals surface area contributed by atoms with Gasteiger partial charge in [-0.3, -0.25) is 14.4 Å². The Kier molecular flexibility index (Phi) is 47.9. The van der Waals surface area contributed by atoms with E-state index < -0.39 is 6.10 Å². The number of hydrogen-bond donors (Lipinski definition) is 0. The number of carbonyl (C=O) groups excluding carboxylic acids is 3. The van der Waals surface area contributed by atoms with Crippen molar-refractivity contribution in [2.45, 2.75) is 252 Å². The van der Waals surface area contributed by atoms with Crippen LogP contribution in [-0.4, -0.2) is 37.2 Å². The van der Waals surface area contributed by atoms with Crippen LogP contribution < -0.4 is 0 Å².